The molecule has 1 saturated heterocycles. The third-order valence-electron chi connectivity index (χ3n) is 5.42. The minimum Gasteiger partial charge on any atom is -0.308 e. The maximum Gasteiger partial charge on any atom is 0.0309 e. The first-order chi connectivity index (χ1) is 9.32. The molecule has 2 nitrogen and oxygen atoms in total. The summed E-state index contributed by atoms with van der Waals surface area (Å²) in [5.41, 5.74) is 0.817. The Labute approximate surface area is 126 Å². The molecule has 0 aromatic carbocycles. The van der Waals surface area contributed by atoms with Gasteiger partial charge in [-0.25, -0.2) is 0 Å². The molecule has 0 amide bonds. The van der Waals surface area contributed by atoms with Crippen molar-refractivity contribution < 1.29 is 0 Å². The first kappa shape index (κ1) is 16.3. The van der Waals surface area contributed by atoms with Crippen molar-refractivity contribution in [2.45, 2.75) is 84.7 Å². The maximum absolute atomic E-state index is 3.97. The van der Waals surface area contributed by atoms with Crippen LogP contribution in [0.1, 0.15) is 73.1 Å². The molecule has 2 heteroatoms. The molecule has 1 spiro atoms. The molecule has 1 aliphatic carbocycles. The quantitative estimate of drug-likeness (QED) is 0.839. The Bertz CT molecular complexity index is 297. The molecule has 20 heavy (non-hydrogen) atoms. The van der Waals surface area contributed by atoms with Gasteiger partial charge < -0.3 is 5.32 Å². The van der Waals surface area contributed by atoms with Crippen molar-refractivity contribution in [1.29, 1.82) is 0 Å². The molecule has 2 aliphatic rings. The molecule has 2 fully saturated rings. The van der Waals surface area contributed by atoms with Gasteiger partial charge in [0.2, 0.25) is 0 Å². The topological polar surface area (TPSA) is 15.3 Å². The van der Waals surface area contributed by atoms with Crippen LogP contribution in [-0.2, 0) is 0 Å². The standard InChI is InChI=1S/C18H36N2/c1-15(2)9-12-20-14-18(10-7-6-8-11-18)19-13-16(20)17(3,4)5/h15-16,19H,6-14H2,1-5H3. The molecular formula is C18H36N2. The molecule has 1 aliphatic heterocycles. The van der Waals surface area contributed by atoms with Crippen LogP contribution in [-0.4, -0.2) is 36.1 Å². The van der Waals surface area contributed by atoms with Crippen LogP contribution in [0.5, 0.6) is 0 Å². The lowest BCUT2D eigenvalue weighted by Crippen LogP contribution is -2.67. The minimum absolute atomic E-state index is 0.375. The molecule has 2 rings (SSSR count). The van der Waals surface area contributed by atoms with Crippen LogP contribution in [0.3, 0.4) is 0 Å². The van der Waals surface area contributed by atoms with Gasteiger partial charge in [-0.3, -0.25) is 4.90 Å². The second-order valence-corrected chi connectivity index (χ2v) is 8.76. The molecular weight excluding hydrogens is 244 g/mol. The normalized spacial score (nSPS) is 28.2. The summed E-state index contributed by atoms with van der Waals surface area (Å²) in [4.78, 5) is 2.82. The summed E-state index contributed by atoms with van der Waals surface area (Å²) in [6, 6.07) is 0.689. The van der Waals surface area contributed by atoms with Crippen molar-refractivity contribution in [1.82, 2.24) is 10.2 Å². The van der Waals surface area contributed by atoms with Crippen LogP contribution in [0.25, 0.3) is 0 Å². The molecule has 0 aromatic rings. The zero-order valence-electron chi connectivity index (χ0n) is 14.5. The predicted octanol–water partition coefficient (Wildman–Crippen LogP) is 4.06. The first-order valence-electron chi connectivity index (χ1n) is 8.81. The highest BCUT2D eigenvalue weighted by Gasteiger charge is 2.42. The Hall–Kier alpha value is -0.0800. The van der Waals surface area contributed by atoms with E-state index in [-0.39, 0.29) is 0 Å². The molecule has 1 N–H and O–H groups in total. The molecule has 0 radical (unpaired) electrons. The number of nitrogens with one attached hydrogen (secondary N) is 1. The summed E-state index contributed by atoms with van der Waals surface area (Å²) in [6.07, 6.45) is 8.40. The second-order valence-electron chi connectivity index (χ2n) is 8.76. The monoisotopic (exact) mass is 280 g/mol. The minimum atomic E-state index is 0.375. The fourth-order valence-electron chi connectivity index (χ4n) is 4.07. The number of hydrogen-bond acceptors (Lipinski definition) is 2. The Balaban J connectivity index is 2.05. The van der Waals surface area contributed by atoms with Gasteiger partial charge in [-0.2, -0.15) is 0 Å². The van der Waals surface area contributed by atoms with E-state index in [1.165, 1.54) is 58.2 Å². The lowest BCUT2D eigenvalue weighted by atomic mass is 9.76. The van der Waals surface area contributed by atoms with Gasteiger partial charge in [0.05, 0.1) is 0 Å². The van der Waals surface area contributed by atoms with Crippen molar-refractivity contribution >= 4 is 0 Å². The first-order valence-corrected chi connectivity index (χ1v) is 8.81. The van der Waals surface area contributed by atoms with Gasteiger partial charge in [-0.15, -0.1) is 0 Å². The second kappa shape index (κ2) is 6.36. The van der Waals surface area contributed by atoms with Gasteiger partial charge in [0, 0.05) is 24.7 Å². The SMILES string of the molecule is CC(C)CCN1CC2(CCCCC2)NCC1C(C)(C)C. The largest absolute Gasteiger partial charge is 0.308 e. The summed E-state index contributed by atoms with van der Waals surface area (Å²) in [5, 5.41) is 3.97. The smallest absolute Gasteiger partial charge is 0.0309 e. The molecule has 0 aromatic heterocycles. The summed E-state index contributed by atoms with van der Waals surface area (Å²) < 4.78 is 0. The van der Waals surface area contributed by atoms with E-state index in [9.17, 15) is 0 Å². The average molecular weight is 280 g/mol. The summed E-state index contributed by atoms with van der Waals surface area (Å²) in [5.74, 6) is 0.813. The van der Waals surface area contributed by atoms with E-state index in [1.807, 2.05) is 0 Å². The zero-order valence-corrected chi connectivity index (χ0v) is 14.5. The van der Waals surface area contributed by atoms with Crippen molar-refractivity contribution in [3.05, 3.63) is 0 Å². The van der Waals surface area contributed by atoms with Gasteiger partial charge in [0.1, 0.15) is 0 Å². The van der Waals surface area contributed by atoms with Crippen LogP contribution < -0.4 is 5.32 Å². The predicted molar refractivity (Wildman–Crippen MR) is 88.1 cm³/mol. The number of rotatable bonds is 3. The van der Waals surface area contributed by atoms with Gasteiger partial charge in [0.25, 0.3) is 0 Å². The molecule has 1 heterocycles. The maximum atomic E-state index is 3.97. The van der Waals surface area contributed by atoms with Gasteiger partial charge in [-0.1, -0.05) is 53.9 Å². The van der Waals surface area contributed by atoms with Crippen molar-refractivity contribution in [3.63, 3.8) is 0 Å². The molecule has 1 atom stereocenters. The Kier molecular flexibility index (Phi) is 5.18. The summed E-state index contributed by atoms with van der Waals surface area (Å²) in [7, 11) is 0. The van der Waals surface area contributed by atoms with Gasteiger partial charge in [0.15, 0.2) is 0 Å². The van der Waals surface area contributed by atoms with Crippen LogP contribution in [0, 0.1) is 11.3 Å². The van der Waals surface area contributed by atoms with Crippen LogP contribution >= 0.6 is 0 Å². The van der Waals surface area contributed by atoms with E-state index in [2.05, 4.69) is 44.8 Å². The average Bonchev–Trinajstić information content (AvgIpc) is 2.36. The lowest BCUT2D eigenvalue weighted by Gasteiger charge is -2.53. The van der Waals surface area contributed by atoms with E-state index in [0.29, 0.717) is 17.0 Å². The Morgan fingerprint density at radius 2 is 1.80 bits per heavy atom. The van der Waals surface area contributed by atoms with E-state index >= 15 is 0 Å². The van der Waals surface area contributed by atoms with E-state index in [4.69, 9.17) is 0 Å². The number of piperazine rings is 1. The summed E-state index contributed by atoms with van der Waals surface area (Å²) in [6.45, 7) is 15.7. The van der Waals surface area contributed by atoms with Gasteiger partial charge >= 0.3 is 0 Å². The molecule has 118 valence electrons. The van der Waals surface area contributed by atoms with E-state index in [0.717, 1.165) is 5.92 Å². The van der Waals surface area contributed by atoms with E-state index < -0.39 is 0 Å². The van der Waals surface area contributed by atoms with Crippen LogP contribution in [0.15, 0.2) is 0 Å². The number of hydrogen-bond donors (Lipinski definition) is 1. The number of nitrogens with zero attached hydrogens (tertiary/aromatic N) is 1. The lowest BCUT2D eigenvalue weighted by molar-refractivity contribution is 0.00605. The molecule has 0 bridgehead atoms. The Morgan fingerprint density at radius 3 is 2.35 bits per heavy atom. The van der Waals surface area contributed by atoms with Crippen molar-refractivity contribution in [2.75, 3.05) is 19.6 Å². The third-order valence-corrected chi connectivity index (χ3v) is 5.42. The molecule has 1 saturated carbocycles. The third kappa shape index (κ3) is 3.98. The molecule has 1 unspecified atom stereocenters. The van der Waals surface area contributed by atoms with Crippen LogP contribution in [0.2, 0.25) is 0 Å². The highest BCUT2D eigenvalue weighted by Crippen LogP contribution is 2.35. The van der Waals surface area contributed by atoms with Gasteiger partial charge in [-0.05, 0) is 37.1 Å². The highest BCUT2D eigenvalue weighted by molar-refractivity contribution is 5.02. The fraction of sp³-hybridized carbons (Fsp3) is 1.00. The van der Waals surface area contributed by atoms with E-state index in [1.54, 1.807) is 0 Å². The highest BCUT2D eigenvalue weighted by atomic mass is 15.3. The van der Waals surface area contributed by atoms with Crippen LogP contribution in [0.4, 0.5) is 0 Å². The van der Waals surface area contributed by atoms with Crippen molar-refractivity contribution in [2.24, 2.45) is 11.3 Å². The fourth-order valence-corrected chi connectivity index (χ4v) is 4.07. The van der Waals surface area contributed by atoms with Crippen molar-refractivity contribution in [3.8, 4) is 0 Å². The summed E-state index contributed by atoms with van der Waals surface area (Å²) >= 11 is 0. The zero-order chi connectivity index (χ0) is 14.8. The Morgan fingerprint density at radius 1 is 1.15 bits per heavy atom.